The second kappa shape index (κ2) is 9.55. The van der Waals surface area contributed by atoms with Crippen molar-refractivity contribution in [2.24, 2.45) is 0 Å². The van der Waals surface area contributed by atoms with Crippen molar-refractivity contribution in [3.63, 3.8) is 0 Å². The number of amides is 3. The van der Waals surface area contributed by atoms with Crippen LogP contribution in [0.3, 0.4) is 0 Å². The van der Waals surface area contributed by atoms with E-state index in [0.717, 1.165) is 30.2 Å². The Kier molecular flexibility index (Phi) is 7.41. The van der Waals surface area contributed by atoms with Crippen LogP contribution in [0.2, 0.25) is 0 Å². The number of rotatable bonds is 7. The van der Waals surface area contributed by atoms with Crippen LogP contribution in [-0.2, 0) is 10.2 Å². The second-order valence-corrected chi connectivity index (χ2v) is 8.07. The van der Waals surface area contributed by atoms with Gasteiger partial charge in [-0.1, -0.05) is 58.0 Å². The van der Waals surface area contributed by atoms with Gasteiger partial charge in [-0.2, -0.15) is 0 Å². The predicted octanol–water partition coefficient (Wildman–Crippen LogP) is 3.75. The molecular weight excluding hydrogens is 364 g/mol. The highest BCUT2D eigenvalue weighted by Crippen LogP contribution is 2.27. The monoisotopic (exact) mass is 390 g/mol. The number of nitrogens with one attached hydrogen (secondary N) is 2. The van der Waals surface area contributed by atoms with E-state index in [1.807, 2.05) is 31.2 Å². The summed E-state index contributed by atoms with van der Waals surface area (Å²) in [6.45, 7) is 9.03. The van der Waals surface area contributed by atoms with Gasteiger partial charge in [-0.25, -0.2) is 4.79 Å². The SMILES string of the molecule is CCCCNC(=O)NC(=O)CSc1nnc(-c2ccc(C(C)(C)C)cc2)o1. The molecule has 0 saturated heterocycles. The summed E-state index contributed by atoms with van der Waals surface area (Å²) < 4.78 is 5.59. The van der Waals surface area contributed by atoms with E-state index >= 15 is 0 Å². The van der Waals surface area contributed by atoms with E-state index in [4.69, 9.17) is 4.42 Å². The van der Waals surface area contributed by atoms with Crippen molar-refractivity contribution < 1.29 is 14.0 Å². The minimum absolute atomic E-state index is 0.0196. The van der Waals surface area contributed by atoms with Gasteiger partial charge in [0.15, 0.2) is 0 Å². The molecule has 0 bridgehead atoms. The highest BCUT2D eigenvalue weighted by atomic mass is 32.2. The fourth-order valence-corrected chi connectivity index (χ4v) is 2.77. The number of hydrogen-bond acceptors (Lipinski definition) is 6. The molecule has 27 heavy (non-hydrogen) atoms. The molecule has 0 aliphatic heterocycles. The first kappa shape index (κ1) is 21.0. The molecule has 0 radical (unpaired) electrons. The lowest BCUT2D eigenvalue weighted by molar-refractivity contribution is -0.117. The summed E-state index contributed by atoms with van der Waals surface area (Å²) >= 11 is 1.09. The first-order valence-corrected chi connectivity index (χ1v) is 9.93. The summed E-state index contributed by atoms with van der Waals surface area (Å²) in [5.74, 6) is 0.00478. The molecule has 0 fully saturated rings. The van der Waals surface area contributed by atoms with Crippen LogP contribution in [0.5, 0.6) is 0 Å². The van der Waals surface area contributed by atoms with E-state index in [1.165, 1.54) is 5.56 Å². The second-order valence-electron chi connectivity index (χ2n) is 7.15. The number of thioether (sulfide) groups is 1. The average molecular weight is 391 g/mol. The average Bonchev–Trinajstić information content (AvgIpc) is 3.08. The normalized spacial score (nSPS) is 11.3. The maximum Gasteiger partial charge on any atom is 0.321 e. The maximum absolute atomic E-state index is 11.8. The number of nitrogens with zero attached hydrogens (tertiary/aromatic N) is 2. The molecule has 0 aliphatic rings. The largest absolute Gasteiger partial charge is 0.411 e. The third-order valence-electron chi connectivity index (χ3n) is 3.80. The van der Waals surface area contributed by atoms with Crippen molar-refractivity contribution in [2.75, 3.05) is 12.3 Å². The molecule has 0 saturated carbocycles. The minimum Gasteiger partial charge on any atom is -0.411 e. The van der Waals surface area contributed by atoms with Gasteiger partial charge in [-0.3, -0.25) is 10.1 Å². The van der Waals surface area contributed by atoms with Gasteiger partial charge in [-0.15, -0.1) is 10.2 Å². The van der Waals surface area contributed by atoms with Gasteiger partial charge in [0.2, 0.25) is 11.8 Å². The van der Waals surface area contributed by atoms with E-state index < -0.39 is 11.9 Å². The Hall–Kier alpha value is -2.35. The van der Waals surface area contributed by atoms with Crippen LogP contribution in [-0.4, -0.2) is 34.4 Å². The zero-order valence-electron chi connectivity index (χ0n) is 16.2. The molecule has 1 aromatic heterocycles. The Balaban J connectivity index is 1.85. The minimum atomic E-state index is -0.487. The molecule has 0 aliphatic carbocycles. The summed E-state index contributed by atoms with van der Waals surface area (Å²) in [6.07, 6.45) is 1.85. The van der Waals surface area contributed by atoms with Gasteiger partial charge in [0.25, 0.3) is 5.22 Å². The standard InChI is InChI=1S/C19H26N4O3S/c1-5-6-11-20-17(25)21-15(24)12-27-18-23-22-16(26-18)13-7-9-14(10-8-13)19(2,3)4/h7-10H,5-6,11-12H2,1-4H3,(H2,20,21,24,25). The molecule has 1 heterocycles. The van der Waals surface area contributed by atoms with Crippen LogP contribution in [0.15, 0.2) is 33.9 Å². The van der Waals surface area contributed by atoms with E-state index in [9.17, 15) is 9.59 Å². The number of benzene rings is 1. The topological polar surface area (TPSA) is 97.1 Å². The third kappa shape index (κ3) is 6.71. The molecule has 2 aromatic rings. The number of carbonyl (C=O) groups is 2. The van der Waals surface area contributed by atoms with Gasteiger partial charge < -0.3 is 9.73 Å². The zero-order valence-corrected chi connectivity index (χ0v) is 17.0. The highest BCUT2D eigenvalue weighted by Gasteiger charge is 2.15. The van der Waals surface area contributed by atoms with E-state index in [2.05, 4.69) is 41.6 Å². The van der Waals surface area contributed by atoms with E-state index in [1.54, 1.807) is 0 Å². The number of unbranched alkanes of at least 4 members (excludes halogenated alkanes) is 1. The summed E-state index contributed by atoms with van der Waals surface area (Å²) in [4.78, 5) is 23.3. The Morgan fingerprint density at radius 2 is 1.85 bits per heavy atom. The number of aromatic nitrogens is 2. The molecule has 1 aromatic carbocycles. The van der Waals surface area contributed by atoms with Crippen molar-refractivity contribution in [2.45, 2.75) is 51.2 Å². The summed E-state index contributed by atoms with van der Waals surface area (Å²) in [6, 6.07) is 7.47. The maximum atomic E-state index is 11.8. The molecule has 8 heteroatoms. The summed E-state index contributed by atoms with van der Waals surface area (Å²) in [7, 11) is 0. The van der Waals surface area contributed by atoms with Crippen molar-refractivity contribution in [1.82, 2.24) is 20.8 Å². The first-order chi connectivity index (χ1) is 12.8. The third-order valence-corrected chi connectivity index (χ3v) is 4.62. The highest BCUT2D eigenvalue weighted by molar-refractivity contribution is 7.99. The predicted molar refractivity (Wildman–Crippen MR) is 106 cm³/mol. The van der Waals surface area contributed by atoms with Gasteiger partial charge in [0, 0.05) is 12.1 Å². The van der Waals surface area contributed by atoms with E-state index in [0.29, 0.717) is 12.4 Å². The molecule has 7 nitrogen and oxygen atoms in total. The lowest BCUT2D eigenvalue weighted by Crippen LogP contribution is -2.40. The first-order valence-electron chi connectivity index (χ1n) is 8.94. The molecule has 2 rings (SSSR count). The Morgan fingerprint density at radius 1 is 1.15 bits per heavy atom. The molecule has 0 unspecified atom stereocenters. The number of imide groups is 1. The van der Waals surface area contributed by atoms with Crippen molar-refractivity contribution in [1.29, 1.82) is 0 Å². The molecule has 146 valence electrons. The van der Waals surface area contributed by atoms with Crippen LogP contribution in [0.1, 0.15) is 46.1 Å². The van der Waals surface area contributed by atoms with Crippen molar-refractivity contribution in [3.8, 4) is 11.5 Å². The number of urea groups is 1. The van der Waals surface area contributed by atoms with E-state index in [-0.39, 0.29) is 16.4 Å². The van der Waals surface area contributed by atoms with Gasteiger partial charge in [0.1, 0.15) is 0 Å². The van der Waals surface area contributed by atoms with Crippen LogP contribution in [0.4, 0.5) is 4.79 Å². The number of hydrogen-bond donors (Lipinski definition) is 2. The van der Waals surface area contributed by atoms with Crippen LogP contribution < -0.4 is 10.6 Å². The lowest BCUT2D eigenvalue weighted by Gasteiger charge is -2.18. The Morgan fingerprint density at radius 3 is 2.48 bits per heavy atom. The van der Waals surface area contributed by atoms with Gasteiger partial charge in [0.05, 0.1) is 5.75 Å². The van der Waals surface area contributed by atoms with Crippen molar-refractivity contribution in [3.05, 3.63) is 29.8 Å². The summed E-state index contributed by atoms with van der Waals surface area (Å²) in [5, 5.41) is 13.1. The molecule has 0 spiro atoms. The lowest BCUT2D eigenvalue weighted by atomic mass is 9.87. The summed E-state index contributed by atoms with van der Waals surface area (Å²) in [5.41, 5.74) is 2.11. The molecule has 3 amide bonds. The van der Waals surface area contributed by atoms with Gasteiger partial charge in [-0.05, 0) is 29.5 Å². The molecular formula is C19H26N4O3S. The van der Waals surface area contributed by atoms with Crippen LogP contribution in [0.25, 0.3) is 11.5 Å². The molecule has 2 N–H and O–H groups in total. The smallest absolute Gasteiger partial charge is 0.321 e. The zero-order chi connectivity index (χ0) is 19.9. The fourth-order valence-electron chi connectivity index (χ4n) is 2.21. The Bertz CT molecular complexity index is 766. The van der Waals surface area contributed by atoms with Crippen LogP contribution in [0, 0.1) is 0 Å². The van der Waals surface area contributed by atoms with Crippen molar-refractivity contribution >= 4 is 23.7 Å². The molecule has 0 atom stereocenters. The quantitative estimate of drug-likeness (QED) is 0.552. The Labute approximate surface area is 163 Å². The van der Waals surface area contributed by atoms with Crippen LogP contribution >= 0.6 is 11.8 Å². The fraction of sp³-hybridized carbons (Fsp3) is 0.474. The van der Waals surface area contributed by atoms with Gasteiger partial charge >= 0.3 is 6.03 Å². The number of carbonyl (C=O) groups excluding carboxylic acids is 2.